The summed E-state index contributed by atoms with van der Waals surface area (Å²) in [4.78, 5) is 27.7. The summed E-state index contributed by atoms with van der Waals surface area (Å²) >= 11 is 24.7. The van der Waals surface area contributed by atoms with Crippen LogP contribution in [0.5, 0.6) is 0 Å². The number of hydrogen-bond acceptors (Lipinski definition) is 2. The lowest BCUT2D eigenvalue weighted by atomic mass is 10.1. The highest BCUT2D eigenvalue weighted by atomic mass is 35.5. The minimum Gasteiger partial charge on any atom is -0.352 e. The van der Waals surface area contributed by atoms with Crippen LogP contribution in [-0.2, 0) is 22.6 Å². The third kappa shape index (κ3) is 6.52. The van der Waals surface area contributed by atoms with E-state index in [1.54, 1.807) is 36.4 Å². The van der Waals surface area contributed by atoms with E-state index >= 15 is 0 Å². The van der Waals surface area contributed by atoms with Gasteiger partial charge in [-0.25, -0.2) is 0 Å². The molecule has 0 saturated carbocycles. The summed E-state index contributed by atoms with van der Waals surface area (Å²) in [5, 5.41) is 4.51. The maximum absolute atomic E-state index is 13.3. The van der Waals surface area contributed by atoms with Crippen molar-refractivity contribution >= 4 is 58.2 Å². The standard InChI is InChI=1S/C22H24Cl4N2O2/c1-4-20(22(30)27-13(2)3)28(12-14-8-9-18(25)19(26)10-14)21(29)11-15-16(23)6-5-7-17(15)24/h5-10,13,20H,4,11-12H2,1-3H3,(H,27,30). The molecule has 2 amide bonds. The zero-order valence-corrected chi connectivity index (χ0v) is 20.0. The Kier molecular flexibility index (Phi) is 9.30. The van der Waals surface area contributed by atoms with E-state index in [-0.39, 0.29) is 30.8 Å². The van der Waals surface area contributed by atoms with Crippen LogP contribution in [0.25, 0.3) is 0 Å². The van der Waals surface area contributed by atoms with Gasteiger partial charge in [0, 0.05) is 22.6 Å². The van der Waals surface area contributed by atoms with Gasteiger partial charge in [-0.1, -0.05) is 65.5 Å². The molecule has 1 N–H and O–H groups in total. The summed E-state index contributed by atoms with van der Waals surface area (Å²) in [7, 11) is 0. The number of benzene rings is 2. The molecule has 162 valence electrons. The van der Waals surface area contributed by atoms with Crippen LogP contribution in [0, 0.1) is 0 Å². The van der Waals surface area contributed by atoms with Crippen LogP contribution in [0.1, 0.15) is 38.3 Å². The quantitative estimate of drug-likeness (QED) is 0.481. The summed E-state index contributed by atoms with van der Waals surface area (Å²) in [6.07, 6.45) is 0.424. The second-order valence-electron chi connectivity index (χ2n) is 7.23. The highest BCUT2D eigenvalue weighted by Crippen LogP contribution is 2.27. The van der Waals surface area contributed by atoms with Crippen molar-refractivity contribution in [2.75, 3.05) is 0 Å². The van der Waals surface area contributed by atoms with Gasteiger partial charge in [-0.05, 0) is 55.7 Å². The van der Waals surface area contributed by atoms with E-state index in [0.29, 0.717) is 32.1 Å². The second kappa shape index (κ2) is 11.2. The first kappa shape index (κ1) is 24.8. The lowest BCUT2D eigenvalue weighted by molar-refractivity contribution is -0.141. The minimum absolute atomic E-state index is 0.0225. The number of nitrogens with one attached hydrogen (secondary N) is 1. The molecule has 0 aromatic heterocycles. The van der Waals surface area contributed by atoms with Gasteiger partial charge in [0.15, 0.2) is 0 Å². The van der Waals surface area contributed by atoms with Crippen molar-refractivity contribution in [2.24, 2.45) is 0 Å². The summed E-state index contributed by atoms with van der Waals surface area (Å²) in [5.74, 6) is -0.479. The van der Waals surface area contributed by atoms with Gasteiger partial charge in [0.2, 0.25) is 11.8 Å². The average Bonchev–Trinajstić information content (AvgIpc) is 2.66. The third-order valence-corrected chi connectivity index (χ3v) is 5.99. The minimum atomic E-state index is -0.657. The molecule has 0 aliphatic carbocycles. The zero-order valence-electron chi connectivity index (χ0n) is 17.0. The van der Waals surface area contributed by atoms with Crippen molar-refractivity contribution in [3.8, 4) is 0 Å². The molecule has 2 aromatic carbocycles. The lowest BCUT2D eigenvalue weighted by Gasteiger charge is -2.31. The molecule has 8 heteroatoms. The largest absolute Gasteiger partial charge is 0.352 e. The zero-order chi connectivity index (χ0) is 22.4. The van der Waals surface area contributed by atoms with Crippen molar-refractivity contribution < 1.29 is 9.59 Å². The molecule has 0 saturated heterocycles. The summed E-state index contributed by atoms with van der Waals surface area (Å²) < 4.78 is 0. The highest BCUT2D eigenvalue weighted by Gasteiger charge is 2.29. The van der Waals surface area contributed by atoms with E-state index in [2.05, 4.69) is 5.32 Å². The third-order valence-electron chi connectivity index (χ3n) is 4.54. The van der Waals surface area contributed by atoms with Crippen LogP contribution in [0.15, 0.2) is 36.4 Å². The molecule has 1 unspecified atom stereocenters. The van der Waals surface area contributed by atoms with Gasteiger partial charge >= 0.3 is 0 Å². The Labute approximate surface area is 197 Å². The van der Waals surface area contributed by atoms with E-state index in [4.69, 9.17) is 46.4 Å². The Balaban J connectivity index is 2.38. The van der Waals surface area contributed by atoms with E-state index < -0.39 is 6.04 Å². The topological polar surface area (TPSA) is 49.4 Å². The Morgan fingerprint density at radius 3 is 2.13 bits per heavy atom. The molecule has 0 fully saturated rings. The molecule has 0 heterocycles. The molecule has 30 heavy (non-hydrogen) atoms. The van der Waals surface area contributed by atoms with Gasteiger partial charge in [-0.2, -0.15) is 0 Å². The number of hydrogen-bond donors (Lipinski definition) is 1. The predicted molar refractivity (Wildman–Crippen MR) is 125 cm³/mol. The van der Waals surface area contributed by atoms with Gasteiger partial charge in [0.1, 0.15) is 6.04 Å². The van der Waals surface area contributed by atoms with Crippen LogP contribution in [0.3, 0.4) is 0 Å². The second-order valence-corrected chi connectivity index (χ2v) is 8.86. The average molecular weight is 490 g/mol. The van der Waals surface area contributed by atoms with Gasteiger partial charge in [0.05, 0.1) is 16.5 Å². The van der Waals surface area contributed by atoms with Gasteiger partial charge in [-0.3, -0.25) is 9.59 Å². The molecule has 0 spiro atoms. The smallest absolute Gasteiger partial charge is 0.243 e. The van der Waals surface area contributed by atoms with E-state index in [1.165, 1.54) is 4.90 Å². The van der Waals surface area contributed by atoms with Crippen LogP contribution >= 0.6 is 46.4 Å². The van der Waals surface area contributed by atoms with Crippen molar-refractivity contribution in [3.63, 3.8) is 0 Å². The fourth-order valence-electron chi connectivity index (χ4n) is 3.09. The predicted octanol–water partition coefficient (Wildman–Crippen LogP) is 6.17. The van der Waals surface area contributed by atoms with Crippen LogP contribution in [-0.4, -0.2) is 28.8 Å². The van der Waals surface area contributed by atoms with Gasteiger partial charge in [0.25, 0.3) is 0 Å². The lowest BCUT2D eigenvalue weighted by Crippen LogP contribution is -2.50. The fraction of sp³-hybridized carbons (Fsp3) is 0.364. The number of carbonyl (C=O) groups excluding carboxylic acids is 2. The first-order valence-electron chi connectivity index (χ1n) is 9.60. The monoisotopic (exact) mass is 488 g/mol. The summed E-state index contributed by atoms with van der Waals surface area (Å²) in [6.45, 7) is 5.81. The SMILES string of the molecule is CCC(C(=O)NC(C)C)N(Cc1ccc(Cl)c(Cl)c1)C(=O)Cc1c(Cl)cccc1Cl. The van der Waals surface area contributed by atoms with Crippen LogP contribution in [0.2, 0.25) is 20.1 Å². The molecule has 0 aliphatic rings. The number of halogens is 4. The normalized spacial score (nSPS) is 12.0. The van der Waals surface area contributed by atoms with Crippen LogP contribution < -0.4 is 5.32 Å². The Bertz CT molecular complexity index is 898. The van der Waals surface area contributed by atoms with E-state index in [9.17, 15) is 9.59 Å². The Morgan fingerprint density at radius 1 is 0.967 bits per heavy atom. The van der Waals surface area contributed by atoms with Gasteiger partial charge < -0.3 is 10.2 Å². The number of rotatable bonds is 8. The fourth-order valence-corrected chi connectivity index (χ4v) is 3.94. The molecule has 2 rings (SSSR count). The number of carbonyl (C=O) groups is 2. The maximum atomic E-state index is 13.3. The number of amides is 2. The first-order chi connectivity index (χ1) is 14.1. The molecule has 0 bridgehead atoms. The van der Waals surface area contributed by atoms with Crippen molar-refractivity contribution in [3.05, 3.63) is 67.6 Å². The molecule has 0 radical (unpaired) electrons. The molecular formula is C22H24Cl4N2O2. The summed E-state index contributed by atoms with van der Waals surface area (Å²) in [6, 6.07) is 9.52. The van der Waals surface area contributed by atoms with Crippen LogP contribution in [0.4, 0.5) is 0 Å². The Morgan fingerprint density at radius 2 is 1.60 bits per heavy atom. The molecular weight excluding hydrogens is 466 g/mol. The van der Waals surface area contributed by atoms with Crippen molar-refractivity contribution in [1.82, 2.24) is 10.2 Å². The molecule has 2 aromatic rings. The maximum Gasteiger partial charge on any atom is 0.243 e. The van der Waals surface area contributed by atoms with Crippen molar-refractivity contribution in [1.29, 1.82) is 0 Å². The van der Waals surface area contributed by atoms with E-state index in [0.717, 1.165) is 5.56 Å². The number of nitrogens with zero attached hydrogens (tertiary/aromatic N) is 1. The summed E-state index contributed by atoms with van der Waals surface area (Å²) in [5.41, 5.74) is 1.29. The van der Waals surface area contributed by atoms with E-state index in [1.807, 2.05) is 20.8 Å². The molecule has 1 atom stereocenters. The molecule has 0 aliphatic heterocycles. The highest BCUT2D eigenvalue weighted by molar-refractivity contribution is 6.42. The first-order valence-corrected chi connectivity index (χ1v) is 11.1. The molecule has 4 nitrogen and oxygen atoms in total. The van der Waals surface area contributed by atoms with Gasteiger partial charge in [-0.15, -0.1) is 0 Å². The Hall–Kier alpha value is -1.46. The van der Waals surface area contributed by atoms with Crippen molar-refractivity contribution in [2.45, 2.75) is 52.2 Å².